The Bertz CT molecular complexity index is 423. The Hall–Kier alpha value is -1.07. The molecule has 0 amide bonds. The molecular weight excluding hydrogens is 256 g/mol. The lowest BCUT2D eigenvalue weighted by atomic mass is 9.86. The average Bonchev–Trinajstić information content (AvgIpc) is 2.66. The number of aliphatic hydroxyl groups excluding tert-OH is 1. The van der Waals surface area contributed by atoms with E-state index in [1.54, 1.807) is 18.0 Å². The zero-order chi connectivity index (χ0) is 14.6. The molecule has 1 aromatic rings. The Morgan fingerprint density at radius 1 is 1.35 bits per heavy atom. The zero-order valence-corrected chi connectivity index (χ0v) is 12.8. The summed E-state index contributed by atoms with van der Waals surface area (Å²) in [5, 5.41) is 15.2. The third-order valence-corrected chi connectivity index (χ3v) is 4.31. The highest BCUT2D eigenvalue weighted by Gasteiger charge is 2.42. The summed E-state index contributed by atoms with van der Waals surface area (Å²) in [6, 6.07) is 0. The smallest absolute Gasteiger partial charge is 0.162 e. The Kier molecular flexibility index (Phi) is 5.05. The standard InChI is InChI=1S/C15H26N2O3/c1-4-20-15(9-7-5-6-8-10-15)14(18)13-12(19-3)11-16-17(13)2/h11,14,18H,4-10H2,1-3H3. The highest BCUT2D eigenvalue weighted by molar-refractivity contribution is 5.29. The molecule has 0 aliphatic heterocycles. The van der Waals surface area contributed by atoms with Crippen LogP contribution in [0.5, 0.6) is 5.75 Å². The highest BCUT2D eigenvalue weighted by atomic mass is 16.5. The second kappa shape index (κ2) is 6.59. The first-order valence-electron chi connectivity index (χ1n) is 7.52. The molecule has 1 aliphatic carbocycles. The van der Waals surface area contributed by atoms with Crippen LogP contribution in [0.2, 0.25) is 0 Å². The minimum atomic E-state index is -0.706. The van der Waals surface area contributed by atoms with Crippen molar-refractivity contribution in [3.05, 3.63) is 11.9 Å². The van der Waals surface area contributed by atoms with Crippen LogP contribution in [0.4, 0.5) is 0 Å². The summed E-state index contributed by atoms with van der Waals surface area (Å²) in [6.45, 7) is 2.59. The molecule has 1 aliphatic rings. The first-order chi connectivity index (χ1) is 9.64. The van der Waals surface area contributed by atoms with Gasteiger partial charge in [-0.2, -0.15) is 5.10 Å². The van der Waals surface area contributed by atoms with Crippen molar-refractivity contribution in [1.82, 2.24) is 9.78 Å². The van der Waals surface area contributed by atoms with E-state index in [-0.39, 0.29) is 0 Å². The Labute approximate surface area is 120 Å². The van der Waals surface area contributed by atoms with Crippen LogP contribution in [0.1, 0.15) is 57.2 Å². The molecule has 1 atom stereocenters. The third kappa shape index (κ3) is 2.83. The van der Waals surface area contributed by atoms with Gasteiger partial charge in [-0.25, -0.2) is 0 Å². The van der Waals surface area contributed by atoms with E-state index in [0.29, 0.717) is 18.1 Å². The Balaban J connectivity index is 2.34. The van der Waals surface area contributed by atoms with Crippen molar-refractivity contribution < 1.29 is 14.6 Å². The molecular formula is C15H26N2O3. The van der Waals surface area contributed by atoms with Crippen molar-refractivity contribution >= 4 is 0 Å². The predicted molar refractivity (Wildman–Crippen MR) is 76.8 cm³/mol. The van der Waals surface area contributed by atoms with E-state index in [1.165, 1.54) is 12.8 Å². The fourth-order valence-electron chi connectivity index (χ4n) is 3.26. The van der Waals surface area contributed by atoms with Gasteiger partial charge in [-0.05, 0) is 19.8 Å². The first-order valence-corrected chi connectivity index (χ1v) is 7.52. The molecule has 1 heterocycles. The molecule has 5 heteroatoms. The molecule has 5 nitrogen and oxygen atoms in total. The summed E-state index contributed by atoms with van der Waals surface area (Å²) < 4.78 is 13.1. The topological polar surface area (TPSA) is 56.5 Å². The van der Waals surface area contributed by atoms with E-state index < -0.39 is 11.7 Å². The van der Waals surface area contributed by atoms with Gasteiger partial charge in [0.1, 0.15) is 11.8 Å². The van der Waals surface area contributed by atoms with E-state index >= 15 is 0 Å². The second-order valence-electron chi connectivity index (χ2n) is 5.54. The lowest BCUT2D eigenvalue weighted by Crippen LogP contribution is -2.40. The molecule has 1 fully saturated rings. The molecule has 0 bridgehead atoms. The van der Waals surface area contributed by atoms with Gasteiger partial charge in [-0.15, -0.1) is 0 Å². The van der Waals surface area contributed by atoms with Crippen LogP contribution in [-0.4, -0.2) is 34.2 Å². The molecule has 0 saturated heterocycles. The lowest BCUT2D eigenvalue weighted by Gasteiger charge is -2.37. The monoisotopic (exact) mass is 282 g/mol. The Morgan fingerprint density at radius 3 is 2.55 bits per heavy atom. The van der Waals surface area contributed by atoms with E-state index in [4.69, 9.17) is 9.47 Å². The fraction of sp³-hybridized carbons (Fsp3) is 0.800. The summed E-state index contributed by atoms with van der Waals surface area (Å²) in [4.78, 5) is 0. The molecule has 114 valence electrons. The van der Waals surface area contributed by atoms with Crippen molar-refractivity contribution in [2.24, 2.45) is 7.05 Å². The summed E-state index contributed by atoms with van der Waals surface area (Å²) in [5.74, 6) is 0.628. The highest BCUT2D eigenvalue weighted by Crippen LogP contribution is 2.42. The van der Waals surface area contributed by atoms with Gasteiger partial charge in [-0.1, -0.05) is 25.7 Å². The fourth-order valence-corrected chi connectivity index (χ4v) is 3.26. The van der Waals surface area contributed by atoms with Crippen molar-refractivity contribution in [2.45, 2.75) is 57.2 Å². The molecule has 0 spiro atoms. The maximum atomic E-state index is 11.0. The van der Waals surface area contributed by atoms with Crippen molar-refractivity contribution in [3.63, 3.8) is 0 Å². The normalized spacial score (nSPS) is 20.4. The van der Waals surface area contributed by atoms with Gasteiger partial charge >= 0.3 is 0 Å². The summed E-state index contributed by atoms with van der Waals surface area (Å²) in [6.07, 6.45) is 7.33. The van der Waals surface area contributed by atoms with Crippen LogP contribution in [0.3, 0.4) is 0 Å². The van der Waals surface area contributed by atoms with Gasteiger partial charge in [0.05, 0.1) is 18.9 Å². The Morgan fingerprint density at radius 2 is 2.00 bits per heavy atom. The van der Waals surface area contributed by atoms with Crippen LogP contribution in [0, 0.1) is 0 Å². The lowest BCUT2D eigenvalue weighted by molar-refractivity contribution is -0.134. The number of aliphatic hydroxyl groups is 1. The zero-order valence-electron chi connectivity index (χ0n) is 12.8. The van der Waals surface area contributed by atoms with Crippen LogP contribution >= 0.6 is 0 Å². The molecule has 1 aromatic heterocycles. The van der Waals surface area contributed by atoms with Gasteiger partial charge in [0.2, 0.25) is 0 Å². The average molecular weight is 282 g/mol. The largest absolute Gasteiger partial charge is 0.493 e. The van der Waals surface area contributed by atoms with Crippen LogP contribution < -0.4 is 4.74 Å². The molecule has 0 aromatic carbocycles. The van der Waals surface area contributed by atoms with Crippen molar-refractivity contribution in [1.29, 1.82) is 0 Å². The molecule has 1 N–H and O–H groups in total. The van der Waals surface area contributed by atoms with Gasteiger partial charge in [0.25, 0.3) is 0 Å². The van der Waals surface area contributed by atoms with Crippen LogP contribution in [0.25, 0.3) is 0 Å². The number of hydrogen-bond acceptors (Lipinski definition) is 4. The van der Waals surface area contributed by atoms with Gasteiger partial charge < -0.3 is 14.6 Å². The SMILES string of the molecule is CCOC1(C(O)c2c(OC)cnn2C)CCCCCC1. The minimum absolute atomic E-state index is 0.508. The van der Waals surface area contributed by atoms with Crippen molar-refractivity contribution in [3.8, 4) is 5.75 Å². The van der Waals surface area contributed by atoms with Crippen LogP contribution in [-0.2, 0) is 11.8 Å². The second-order valence-corrected chi connectivity index (χ2v) is 5.54. The molecule has 2 rings (SSSR count). The third-order valence-electron chi connectivity index (χ3n) is 4.31. The summed E-state index contributed by atoms with van der Waals surface area (Å²) >= 11 is 0. The number of hydrogen-bond donors (Lipinski definition) is 1. The van der Waals surface area contributed by atoms with E-state index in [9.17, 15) is 5.11 Å². The number of nitrogens with zero attached hydrogens (tertiary/aromatic N) is 2. The number of rotatable bonds is 5. The molecule has 0 radical (unpaired) electrons. The predicted octanol–water partition coefficient (Wildman–Crippen LogP) is 2.59. The number of aryl methyl sites for hydroxylation is 1. The summed E-state index contributed by atoms with van der Waals surface area (Å²) in [5.41, 5.74) is 0.203. The van der Waals surface area contributed by atoms with Gasteiger partial charge in [0, 0.05) is 13.7 Å². The molecule has 20 heavy (non-hydrogen) atoms. The maximum absolute atomic E-state index is 11.0. The number of ether oxygens (including phenoxy) is 2. The van der Waals surface area contributed by atoms with Gasteiger partial charge in [0.15, 0.2) is 5.75 Å². The minimum Gasteiger partial charge on any atom is -0.493 e. The first kappa shape index (κ1) is 15.3. The van der Waals surface area contributed by atoms with E-state index in [0.717, 1.165) is 25.7 Å². The van der Waals surface area contributed by atoms with Crippen molar-refractivity contribution in [2.75, 3.05) is 13.7 Å². The number of aromatic nitrogens is 2. The molecule has 1 saturated carbocycles. The van der Waals surface area contributed by atoms with E-state index in [1.807, 2.05) is 14.0 Å². The quantitative estimate of drug-likeness (QED) is 0.843. The molecule has 1 unspecified atom stereocenters. The van der Waals surface area contributed by atoms with Gasteiger partial charge in [-0.3, -0.25) is 4.68 Å². The summed E-state index contributed by atoms with van der Waals surface area (Å²) in [7, 11) is 3.44. The number of methoxy groups -OCH3 is 1. The maximum Gasteiger partial charge on any atom is 0.162 e. The van der Waals surface area contributed by atoms with E-state index in [2.05, 4.69) is 5.10 Å². The van der Waals surface area contributed by atoms with Crippen LogP contribution in [0.15, 0.2) is 6.20 Å².